The molecule has 0 amide bonds. The summed E-state index contributed by atoms with van der Waals surface area (Å²) in [6.45, 7) is 4.75. The van der Waals surface area contributed by atoms with Crippen molar-refractivity contribution in [3.8, 4) is 11.5 Å². The van der Waals surface area contributed by atoms with Gasteiger partial charge in [-0.05, 0) is 105 Å². The Morgan fingerprint density at radius 2 is 1.28 bits per heavy atom. The molecule has 36 heavy (non-hydrogen) atoms. The standard InChI is InChI=1S/C32H44F2O2/c1-3-7-23-10-12-24(13-11-23)8-5-6-9-25-14-16-28-21-26(15-17-27(28)20-25)22-36-30-19-18-29(35-4-2)31(33)32(30)34/h10-13,18-19,25-28H,3-9,14-17,20-22H2,1-2H3. The molecule has 0 spiro atoms. The van der Waals surface area contributed by atoms with E-state index in [4.69, 9.17) is 9.47 Å². The Hall–Kier alpha value is -2.10. The first-order valence-corrected chi connectivity index (χ1v) is 14.4. The summed E-state index contributed by atoms with van der Waals surface area (Å²) in [7, 11) is 0. The predicted octanol–water partition coefficient (Wildman–Crippen LogP) is 8.94. The highest BCUT2D eigenvalue weighted by Crippen LogP contribution is 2.46. The number of halogens is 2. The number of benzene rings is 2. The van der Waals surface area contributed by atoms with Gasteiger partial charge in [0.2, 0.25) is 11.6 Å². The third-order valence-corrected chi connectivity index (χ3v) is 8.51. The minimum absolute atomic E-state index is 0.00122. The van der Waals surface area contributed by atoms with Gasteiger partial charge < -0.3 is 9.47 Å². The van der Waals surface area contributed by atoms with Crippen molar-refractivity contribution in [3.63, 3.8) is 0 Å². The van der Waals surface area contributed by atoms with Crippen molar-refractivity contribution >= 4 is 0 Å². The van der Waals surface area contributed by atoms with Crippen LogP contribution < -0.4 is 9.47 Å². The van der Waals surface area contributed by atoms with Gasteiger partial charge in [0.15, 0.2) is 11.5 Å². The van der Waals surface area contributed by atoms with Crippen LogP contribution in [0.3, 0.4) is 0 Å². The lowest BCUT2D eigenvalue weighted by atomic mass is 9.64. The van der Waals surface area contributed by atoms with Gasteiger partial charge in [0.05, 0.1) is 13.2 Å². The van der Waals surface area contributed by atoms with Crippen LogP contribution in [0.25, 0.3) is 0 Å². The molecule has 4 rings (SSSR count). The molecule has 2 aromatic rings. The first-order chi connectivity index (χ1) is 17.6. The number of hydrogen-bond donors (Lipinski definition) is 0. The maximum Gasteiger partial charge on any atom is 0.204 e. The summed E-state index contributed by atoms with van der Waals surface area (Å²) in [5.74, 6) is 0.967. The molecule has 0 radical (unpaired) electrons. The van der Waals surface area contributed by atoms with E-state index in [-0.39, 0.29) is 11.5 Å². The molecule has 4 unspecified atom stereocenters. The van der Waals surface area contributed by atoms with Crippen LogP contribution >= 0.6 is 0 Å². The summed E-state index contributed by atoms with van der Waals surface area (Å²) in [5, 5.41) is 0. The predicted molar refractivity (Wildman–Crippen MR) is 143 cm³/mol. The van der Waals surface area contributed by atoms with Gasteiger partial charge in [0.1, 0.15) is 0 Å². The van der Waals surface area contributed by atoms with Gasteiger partial charge in [-0.1, -0.05) is 56.9 Å². The Morgan fingerprint density at radius 1 is 0.694 bits per heavy atom. The molecule has 0 heterocycles. The average molecular weight is 499 g/mol. The van der Waals surface area contributed by atoms with Gasteiger partial charge in [-0.15, -0.1) is 0 Å². The molecule has 0 aliphatic heterocycles. The average Bonchev–Trinajstić information content (AvgIpc) is 2.90. The quantitative estimate of drug-likeness (QED) is 0.272. The zero-order chi connectivity index (χ0) is 25.3. The molecule has 198 valence electrons. The molecule has 2 nitrogen and oxygen atoms in total. The van der Waals surface area contributed by atoms with Crippen molar-refractivity contribution in [2.24, 2.45) is 23.7 Å². The Bertz CT molecular complexity index is 942. The van der Waals surface area contributed by atoms with Crippen LogP contribution in [-0.4, -0.2) is 13.2 Å². The maximum absolute atomic E-state index is 14.3. The van der Waals surface area contributed by atoms with Crippen molar-refractivity contribution in [3.05, 3.63) is 59.2 Å². The van der Waals surface area contributed by atoms with Gasteiger partial charge in [0.25, 0.3) is 0 Å². The lowest BCUT2D eigenvalue weighted by Gasteiger charge is -2.42. The second-order valence-corrected chi connectivity index (χ2v) is 11.1. The summed E-state index contributed by atoms with van der Waals surface area (Å²) < 4.78 is 39.3. The zero-order valence-electron chi connectivity index (χ0n) is 22.2. The second-order valence-electron chi connectivity index (χ2n) is 11.1. The molecule has 4 heteroatoms. The smallest absolute Gasteiger partial charge is 0.204 e. The molecule has 0 N–H and O–H groups in total. The van der Waals surface area contributed by atoms with Gasteiger partial charge >= 0.3 is 0 Å². The third-order valence-electron chi connectivity index (χ3n) is 8.51. The Kier molecular flexibility index (Phi) is 10.1. The molecule has 4 atom stereocenters. The van der Waals surface area contributed by atoms with E-state index in [2.05, 4.69) is 31.2 Å². The number of fused-ring (bicyclic) bond motifs is 1. The Morgan fingerprint density at radius 3 is 1.92 bits per heavy atom. The molecular formula is C32H44F2O2. The molecule has 2 aromatic carbocycles. The van der Waals surface area contributed by atoms with Crippen molar-refractivity contribution in [1.82, 2.24) is 0 Å². The van der Waals surface area contributed by atoms with Crippen molar-refractivity contribution < 1.29 is 18.3 Å². The van der Waals surface area contributed by atoms with E-state index in [0.29, 0.717) is 19.1 Å². The SMILES string of the molecule is CCCc1ccc(CCCCC2CCC3CC(COc4ccc(OCC)c(F)c4F)CCC3C2)cc1. The van der Waals surface area contributed by atoms with Crippen LogP contribution in [-0.2, 0) is 12.8 Å². The first kappa shape index (κ1) is 26.9. The van der Waals surface area contributed by atoms with E-state index in [1.807, 2.05) is 0 Å². The molecule has 2 aliphatic carbocycles. The highest BCUT2D eigenvalue weighted by Gasteiger charge is 2.35. The summed E-state index contributed by atoms with van der Waals surface area (Å²) in [6, 6.07) is 12.2. The fraction of sp³-hybridized carbons (Fsp3) is 0.625. The van der Waals surface area contributed by atoms with E-state index >= 15 is 0 Å². The van der Waals surface area contributed by atoms with E-state index in [1.165, 1.54) is 87.5 Å². The molecule has 0 bridgehead atoms. The second kappa shape index (κ2) is 13.4. The lowest BCUT2D eigenvalue weighted by molar-refractivity contribution is 0.0734. The summed E-state index contributed by atoms with van der Waals surface area (Å²) in [5.41, 5.74) is 2.93. The van der Waals surface area contributed by atoms with Gasteiger partial charge in [0, 0.05) is 0 Å². The Balaban J connectivity index is 1.15. The van der Waals surface area contributed by atoms with E-state index < -0.39 is 11.6 Å². The molecule has 0 aromatic heterocycles. The fourth-order valence-electron chi connectivity index (χ4n) is 6.52. The molecular weight excluding hydrogens is 454 g/mol. The van der Waals surface area contributed by atoms with Crippen molar-refractivity contribution in [2.75, 3.05) is 13.2 Å². The topological polar surface area (TPSA) is 18.5 Å². The van der Waals surface area contributed by atoms with E-state index in [9.17, 15) is 8.78 Å². The van der Waals surface area contributed by atoms with Crippen LogP contribution in [0, 0.1) is 35.3 Å². The van der Waals surface area contributed by atoms with E-state index in [1.54, 1.807) is 6.92 Å². The number of hydrogen-bond acceptors (Lipinski definition) is 2. The van der Waals surface area contributed by atoms with Crippen LogP contribution in [0.15, 0.2) is 36.4 Å². The highest BCUT2D eigenvalue weighted by molar-refractivity contribution is 5.35. The third kappa shape index (κ3) is 7.23. The highest BCUT2D eigenvalue weighted by atomic mass is 19.2. The minimum atomic E-state index is -0.957. The number of rotatable bonds is 12. The number of unbranched alkanes of at least 4 members (excludes halogenated alkanes) is 1. The number of ether oxygens (including phenoxy) is 2. The van der Waals surface area contributed by atoms with Gasteiger partial charge in [-0.3, -0.25) is 0 Å². The summed E-state index contributed by atoms with van der Waals surface area (Å²) in [6.07, 6.45) is 15.2. The summed E-state index contributed by atoms with van der Waals surface area (Å²) in [4.78, 5) is 0. The Labute approximate surface area is 216 Å². The minimum Gasteiger partial charge on any atom is -0.491 e. The van der Waals surface area contributed by atoms with Crippen LogP contribution in [0.1, 0.15) is 89.2 Å². The largest absolute Gasteiger partial charge is 0.491 e. The number of aryl methyl sites for hydroxylation is 2. The summed E-state index contributed by atoms with van der Waals surface area (Å²) >= 11 is 0. The molecule has 0 saturated heterocycles. The van der Waals surface area contributed by atoms with Crippen molar-refractivity contribution in [1.29, 1.82) is 0 Å². The fourth-order valence-corrected chi connectivity index (χ4v) is 6.52. The van der Waals surface area contributed by atoms with Gasteiger partial charge in [-0.25, -0.2) is 0 Å². The van der Waals surface area contributed by atoms with Crippen LogP contribution in [0.4, 0.5) is 8.78 Å². The lowest BCUT2D eigenvalue weighted by Crippen LogP contribution is -2.33. The first-order valence-electron chi connectivity index (χ1n) is 14.4. The van der Waals surface area contributed by atoms with Crippen LogP contribution in [0.2, 0.25) is 0 Å². The monoisotopic (exact) mass is 498 g/mol. The zero-order valence-corrected chi connectivity index (χ0v) is 22.2. The van der Waals surface area contributed by atoms with Crippen molar-refractivity contribution in [2.45, 2.75) is 90.9 Å². The van der Waals surface area contributed by atoms with E-state index in [0.717, 1.165) is 30.6 Å². The van der Waals surface area contributed by atoms with Gasteiger partial charge in [-0.2, -0.15) is 8.78 Å². The normalized spacial score (nSPS) is 23.8. The molecule has 2 fully saturated rings. The van der Waals surface area contributed by atoms with Crippen LogP contribution in [0.5, 0.6) is 11.5 Å². The molecule has 2 aliphatic rings. The molecule has 2 saturated carbocycles. The maximum atomic E-state index is 14.3.